The van der Waals surface area contributed by atoms with Gasteiger partial charge in [-0.3, -0.25) is 0 Å². The highest BCUT2D eigenvalue weighted by Crippen LogP contribution is 2.44. The lowest BCUT2D eigenvalue weighted by Crippen LogP contribution is -2.30. The Kier molecular flexibility index (Phi) is 33.2. The van der Waals surface area contributed by atoms with Crippen molar-refractivity contribution < 1.29 is 96.5 Å². The van der Waals surface area contributed by atoms with Crippen molar-refractivity contribution in [3.05, 3.63) is 250 Å². The first-order valence-corrected chi connectivity index (χ1v) is 45.5. The summed E-state index contributed by atoms with van der Waals surface area (Å²) in [6.45, 7) is 17.8. The van der Waals surface area contributed by atoms with Crippen LogP contribution in [0, 0.1) is 0 Å². The quantitative estimate of drug-likeness (QED) is 0.0152. The van der Waals surface area contributed by atoms with Crippen LogP contribution in [0.25, 0.3) is 0 Å². The molecule has 0 spiro atoms. The van der Waals surface area contributed by atoms with E-state index in [1.165, 1.54) is 75.7 Å². The van der Waals surface area contributed by atoms with Crippen LogP contribution < -0.4 is 56.8 Å². The molecule has 0 heterocycles. The molecule has 33 heteroatoms. The van der Waals surface area contributed by atoms with E-state index < -0.39 is 48.0 Å². The third-order valence-electron chi connectivity index (χ3n) is 20.0. The standard InChI is InChI=1S/C69H81N9O15S3.C25H28O6/c1-67(2,3)46-16-22-49(23-17-46)70-73-52-28-31-61(88-37-34-76(10)94(13,82)83)58(40-52)64(79)91-55-43-56(92-65(80)59-41-53(29-32-62(59)89-38-35-77(11)95(14,84)85)74-71-50-24-18-47(19-25-50)68(4,5)6)45-57(44-55)93-66(81)60-42-54(30-33-63(60)90-39-36-78(12)96(15,86)87)75-72-51-26-20-48(21-27-51)69(7,8)9;1-26-19-10-7-16(13-22(19)29-4)25(17-8-11-20(27-2)23(14-17)30-5)18-9-12-21(28-3)24(15-18)31-6/h16-33,40-45H,34-39H2,1-15H3;7-15,25H,1-6H3. The predicted octanol–water partition coefficient (Wildman–Crippen LogP) is 19.2. The number of carbonyl (C=O) groups is 3. The molecule has 0 aliphatic rings. The van der Waals surface area contributed by atoms with Crippen LogP contribution >= 0.6 is 0 Å². The van der Waals surface area contributed by atoms with Gasteiger partial charge in [0.25, 0.3) is 0 Å². The first-order valence-electron chi connectivity index (χ1n) is 40.0. The second-order valence-corrected chi connectivity index (χ2v) is 38.7. The summed E-state index contributed by atoms with van der Waals surface area (Å²) in [5.41, 5.74) is 7.36. The van der Waals surface area contributed by atoms with E-state index in [9.17, 15) is 39.6 Å². The summed E-state index contributed by atoms with van der Waals surface area (Å²) in [5, 5.41) is 26.3. The normalized spacial score (nSPS) is 12.2. The lowest BCUT2D eigenvalue weighted by molar-refractivity contribution is 0.0725. The fourth-order valence-electron chi connectivity index (χ4n) is 12.3. The van der Waals surface area contributed by atoms with Gasteiger partial charge in [-0.15, -0.1) is 0 Å². The highest BCUT2D eigenvalue weighted by atomic mass is 32.2. The zero-order chi connectivity index (χ0) is 92.9. The Bertz CT molecular complexity index is 5400. The molecule has 0 amide bonds. The van der Waals surface area contributed by atoms with Crippen molar-refractivity contribution in [1.82, 2.24) is 12.9 Å². The van der Waals surface area contributed by atoms with Gasteiger partial charge in [0.2, 0.25) is 30.1 Å². The lowest BCUT2D eigenvalue weighted by Gasteiger charge is -2.22. The Morgan fingerprint density at radius 3 is 0.717 bits per heavy atom. The van der Waals surface area contributed by atoms with Gasteiger partial charge >= 0.3 is 17.9 Å². The van der Waals surface area contributed by atoms with E-state index in [1.54, 1.807) is 79.1 Å². The van der Waals surface area contributed by atoms with Crippen molar-refractivity contribution >= 4 is 82.1 Å². The molecule has 30 nitrogen and oxygen atoms in total. The molecule has 674 valence electrons. The van der Waals surface area contributed by atoms with E-state index in [0.717, 1.165) is 83.3 Å². The van der Waals surface area contributed by atoms with Crippen LogP contribution in [0.4, 0.5) is 34.1 Å². The van der Waals surface area contributed by atoms with Crippen molar-refractivity contribution in [2.45, 2.75) is 84.5 Å². The summed E-state index contributed by atoms with van der Waals surface area (Å²) < 4.78 is 146. The molecular weight excluding hydrogens is 1690 g/mol. The average Bonchev–Trinajstić information content (AvgIpc) is 0.786. The maximum absolute atomic E-state index is 14.7. The monoisotopic (exact) mass is 1800 g/mol. The summed E-state index contributed by atoms with van der Waals surface area (Å²) in [7, 11) is 2.99. The zero-order valence-corrected chi connectivity index (χ0v) is 77.6. The minimum absolute atomic E-state index is 0.0481. The van der Waals surface area contributed by atoms with Gasteiger partial charge in [-0.2, -0.15) is 30.7 Å². The van der Waals surface area contributed by atoms with Gasteiger partial charge in [0.05, 0.1) is 95.6 Å². The second-order valence-electron chi connectivity index (χ2n) is 32.4. The number of likely N-dealkylation sites (N-methyl/N-ethyl adjacent to an activating group) is 3. The summed E-state index contributed by atoms with van der Waals surface area (Å²) in [4.78, 5) is 44.2. The predicted molar refractivity (Wildman–Crippen MR) is 487 cm³/mol. The number of sulfonamides is 3. The van der Waals surface area contributed by atoms with Crippen LogP contribution in [0.1, 0.15) is 133 Å². The van der Waals surface area contributed by atoms with E-state index in [4.69, 9.17) is 56.8 Å². The second kappa shape index (κ2) is 43.0. The molecule has 0 unspecified atom stereocenters. The number of ether oxygens (including phenoxy) is 12. The molecular formula is C94H109N9O21S3. The Morgan fingerprint density at radius 1 is 0.291 bits per heavy atom. The van der Waals surface area contributed by atoms with Crippen molar-refractivity contribution in [3.8, 4) is 69.0 Å². The molecule has 0 aliphatic heterocycles. The smallest absolute Gasteiger partial charge is 0.347 e. The molecule has 10 rings (SSSR count). The highest BCUT2D eigenvalue weighted by molar-refractivity contribution is 7.88. The van der Waals surface area contributed by atoms with Crippen LogP contribution in [0.15, 0.2) is 231 Å². The first-order chi connectivity index (χ1) is 59.9. The SMILES string of the molecule is CN(CCOc1ccc(N=Nc2ccc(C(C)(C)C)cc2)cc1C(=O)Oc1cc(OC(=O)c2cc(N=Nc3ccc(C(C)(C)C)cc3)ccc2OCCN(C)S(C)(=O)=O)cc(OC(=O)c2cc(N=Nc3ccc(C(C)(C)C)cc3)ccc2OCCN(C)S(C)(=O)=O)c1)S(C)(=O)=O.COc1ccc(C(c2ccc(OC)c(OC)c2)c2ccc(OC)c(OC)c2)cc1OC. The fraction of sp³-hybridized carbons (Fsp3) is 0.330. The minimum Gasteiger partial charge on any atom is -0.493 e. The molecule has 0 atom stereocenters. The molecule has 0 N–H and O–H groups in total. The van der Waals surface area contributed by atoms with Gasteiger partial charge < -0.3 is 56.8 Å². The van der Waals surface area contributed by atoms with Crippen LogP contribution in [-0.4, -0.2) is 178 Å². The highest BCUT2D eigenvalue weighted by Gasteiger charge is 2.28. The number of hydrogen-bond donors (Lipinski definition) is 0. The number of methoxy groups -OCH3 is 6. The Balaban J connectivity index is 0.000000491. The van der Waals surface area contributed by atoms with E-state index >= 15 is 0 Å². The minimum atomic E-state index is -3.62. The molecule has 0 bridgehead atoms. The lowest BCUT2D eigenvalue weighted by atomic mass is 9.84. The van der Waals surface area contributed by atoms with Crippen molar-refractivity contribution in [3.63, 3.8) is 0 Å². The first kappa shape index (κ1) is 98.1. The van der Waals surface area contributed by atoms with Crippen LogP contribution in [0.5, 0.6) is 69.0 Å². The summed E-state index contributed by atoms with van der Waals surface area (Å²) in [5.74, 6) is -0.579. The Hall–Kier alpha value is -12.7. The van der Waals surface area contributed by atoms with Crippen molar-refractivity contribution in [2.75, 3.05) is 122 Å². The van der Waals surface area contributed by atoms with E-state index in [1.807, 2.05) is 91.0 Å². The number of esters is 3. The maximum atomic E-state index is 14.7. The van der Waals surface area contributed by atoms with E-state index in [0.29, 0.717) is 51.6 Å². The number of nitrogens with zero attached hydrogens (tertiary/aromatic N) is 9. The number of carbonyl (C=O) groups excluding carboxylic acids is 3. The maximum Gasteiger partial charge on any atom is 0.347 e. The van der Waals surface area contributed by atoms with E-state index in [-0.39, 0.29) is 130 Å². The van der Waals surface area contributed by atoms with Gasteiger partial charge in [0.15, 0.2) is 34.5 Å². The Labute approximate surface area is 743 Å². The van der Waals surface area contributed by atoms with Gasteiger partial charge in [-0.25, -0.2) is 52.6 Å². The zero-order valence-electron chi connectivity index (χ0n) is 75.2. The van der Waals surface area contributed by atoms with Gasteiger partial charge in [0, 0.05) is 64.9 Å². The summed E-state index contributed by atoms with van der Waals surface area (Å²) in [6.07, 6.45) is 3.10. The molecule has 0 aromatic heterocycles. The molecule has 0 radical (unpaired) electrons. The molecule has 0 saturated carbocycles. The molecule has 10 aromatic rings. The summed E-state index contributed by atoms with van der Waals surface area (Å²) >= 11 is 0. The fourth-order valence-corrected chi connectivity index (χ4v) is 13.5. The molecule has 0 aliphatic carbocycles. The molecule has 10 aromatic carbocycles. The van der Waals surface area contributed by atoms with Gasteiger partial charge in [-0.05, 0) is 177 Å². The van der Waals surface area contributed by atoms with Gasteiger partial charge in [0.1, 0.15) is 71.0 Å². The third-order valence-corrected chi connectivity index (χ3v) is 23.9. The van der Waals surface area contributed by atoms with Crippen LogP contribution in [-0.2, 0) is 46.3 Å². The Morgan fingerprint density at radius 2 is 0.504 bits per heavy atom. The average molecular weight is 1800 g/mol. The number of azo groups is 3. The third kappa shape index (κ3) is 27.9. The molecule has 0 fully saturated rings. The van der Waals surface area contributed by atoms with Crippen molar-refractivity contribution in [1.29, 1.82) is 0 Å². The van der Waals surface area contributed by atoms with E-state index in [2.05, 4.69) is 93.0 Å². The van der Waals surface area contributed by atoms with Crippen LogP contribution in [0.3, 0.4) is 0 Å². The molecule has 127 heavy (non-hydrogen) atoms. The molecule has 0 saturated heterocycles. The number of hydrogen-bond acceptors (Lipinski definition) is 27. The van der Waals surface area contributed by atoms with Crippen molar-refractivity contribution in [2.24, 2.45) is 30.7 Å². The van der Waals surface area contributed by atoms with Crippen LogP contribution in [0.2, 0.25) is 0 Å². The number of rotatable bonds is 36. The largest absolute Gasteiger partial charge is 0.493 e. The van der Waals surface area contributed by atoms with Gasteiger partial charge in [-0.1, -0.05) is 117 Å². The number of benzene rings is 10. The topological polar surface area (TPSA) is 348 Å². The summed E-state index contributed by atoms with van der Waals surface area (Å²) in [6, 6.07) is 56.5.